The van der Waals surface area contributed by atoms with Crippen molar-refractivity contribution in [3.8, 4) is 0 Å². The Morgan fingerprint density at radius 2 is 1.90 bits per heavy atom. The van der Waals surface area contributed by atoms with Gasteiger partial charge in [-0.2, -0.15) is 0 Å². The molecule has 118 valence electrons. The summed E-state index contributed by atoms with van der Waals surface area (Å²) in [6.07, 6.45) is 0.864. The molecule has 0 bridgehead atoms. The van der Waals surface area contributed by atoms with Crippen LogP contribution in [0.3, 0.4) is 0 Å². The van der Waals surface area contributed by atoms with Gasteiger partial charge >= 0.3 is 0 Å². The van der Waals surface area contributed by atoms with Gasteiger partial charge in [0.05, 0.1) is 4.90 Å². The van der Waals surface area contributed by atoms with Crippen LogP contribution in [0.2, 0.25) is 5.02 Å². The molecular weight excluding hydrogens is 333 g/mol. The van der Waals surface area contributed by atoms with Gasteiger partial charge in [0.2, 0.25) is 0 Å². The second-order valence-corrected chi connectivity index (χ2v) is 8.37. The first-order valence-electron chi connectivity index (χ1n) is 6.54. The zero-order chi connectivity index (χ0) is 16.4. The smallest absolute Gasteiger partial charge is 0.261 e. The van der Waals surface area contributed by atoms with E-state index in [0.29, 0.717) is 18.0 Å². The van der Waals surface area contributed by atoms with Crippen LogP contribution in [0.25, 0.3) is 0 Å². The number of halogens is 2. The van der Waals surface area contributed by atoms with Gasteiger partial charge in [-0.25, -0.2) is 8.42 Å². The molecule has 4 nitrogen and oxygen atoms in total. The van der Waals surface area contributed by atoms with Gasteiger partial charge in [0.15, 0.2) is 0 Å². The Hall–Kier alpha value is -0.780. The van der Waals surface area contributed by atoms with Gasteiger partial charge in [0.25, 0.3) is 15.0 Å². The van der Waals surface area contributed by atoms with Crippen LogP contribution in [0.5, 0.6) is 0 Å². The maximum Gasteiger partial charge on any atom is 0.261 e. The number of nitrogens with zero attached hydrogens (tertiary/aromatic N) is 1. The van der Waals surface area contributed by atoms with Crippen LogP contribution in [-0.4, -0.2) is 32.8 Å². The number of hydrogen-bond acceptors (Lipinski definition) is 3. The van der Waals surface area contributed by atoms with Gasteiger partial charge < -0.3 is 4.90 Å². The Kier molecular flexibility index (Phi) is 6.08. The minimum Gasteiger partial charge on any atom is -0.342 e. The van der Waals surface area contributed by atoms with E-state index in [0.717, 1.165) is 6.42 Å². The molecule has 0 aliphatic rings. The van der Waals surface area contributed by atoms with E-state index >= 15 is 0 Å². The molecule has 7 heteroatoms. The van der Waals surface area contributed by atoms with Crippen molar-refractivity contribution in [2.24, 2.45) is 5.92 Å². The van der Waals surface area contributed by atoms with Gasteiger partial charge in [-0.05, 0) is 37.0 Å². The van der Waals surface area contributed by atoms with Crippen LogP contribution >= 0.6 is 22.3 Å². The van der Waals surface area contributed by atoms with E-state index in [4.69, 9.17) is 22.3 Å². The van der Waals surface area contributed by atoms with Crippen molar-refractivity contribution >= 4 is 37.2 Å². The zero-order valence-corrected chi connectivity index (χ0v) is 14.8. The summed E-state index contributed by atoms with van der Waals surface area (Å²) in [6.45, 7) is 6.28. The molecule has 1 rings (SSSR count). The van der Waals surface area contributed by atoms with Crippen molar-refractivity contribution < 1.29 is 13.2 Å². The summed E-state index contributed by atoms with van der Waals surface area (Å²) >= 11 is 6.01. The predicted molar refractivity (Wildman–Crippen MR) is 85.6 cm³/mol. The first kappa shape index (κ1) is 18.3. The lowest BCUT2D eigenvalue weighted by Gasteiger charge is -2.19. The number of amides is 1. The molecule has 0 aliphatic carbocycles. The number of hydrogen-bond donors (Lipinski definition) is 0. The van der Waals surface area contributed by atoms with E-state index in [9.17, 15) is 13.2 Å². The molecule has 1 aromatic carbocycles. The lowest BCUT2D eigenvalue weighted by molar-refractivity contribution is 0.0789. The van der Waals surface area contributed by atoms with Crippen LogP contribution in [0.1, 0.15) is 36.2 Å². The Bertz CT molecular complexity index is 642. The normalized spacial score (nSPS) is 11.8. The van der Waals surface area contributed by atoms with Crippen LogP contribution in [0, 0.1) is 12.8 Å². The van der Waals surface area contributed by atoms with Gasteiger partial charge in [-0.1, -0.05) is 25.4 Å². The van der Waals surface area contributed by atoms with Crippen molar-refractivity contribution in [3.63, 3.8) is 0 Å². The average molecular weight is 352 g/mol. The van der Waals surface area contributed by atoms with E-state index in [2.05, 4.69) is 13.8 Å². The fourth-order valence-corrected chi connectivity index (χ4v) is 3.30. The third-order valence-electron chi connectivity index (χ3n) is 3.19. The Labute approximate surface area is 135 Å². The molecule has 1 aromatic rings. The highest BCUT2D eigenvalue weighted by Crippen LogP contribution is 2.28. The fourth-order valence-electron chi connectivity index (χ4n) is 1.80. The van der Waals surface area contributed by atoms with Crippen molar-refractivity contribution in [1.29, 1.82) is 0 Å². The average Bonchev–Trinajstić information content (AvgIpc) is 2.36. The summed E-state index contributed by atoms with van der Waals surface area (Å²) in [5.74, 6) is 0.194. The van der Waals surface area contributed by atoms with Crippen LogP contribution in [0.4, 0.5) is 0 Å². The third-order valence-corrected chi connectivity index (χ3v) is 5.04. The highest BCUT2D eigenvalue weighted by molar-refractivity contribution is 8.13. The van der Waals surface area contributed by atoms with E-state index in [1.165, 1.54) is 12.1 Å². The second-order valence-electron chi connectivity index (χ2n) is 5.43. The molecule has 0 N–H and O–H groups in total. The molecule has 0 fully saturated rings. The molecule has 0 saturated carbocycles. The summed E-state index contributed by atoms with van der Waals surface area (Å²) < 4.78 is 23.1. The van der Waals surface area contributed by atoms with Crippen LogP contribution in [0.15, 0.2) is 17.0 Å². The van der Waals surface area contributed by atoms with E-state index in [-0.39, 0.29) is 21.4 Å². The van der Waals surface area contributed by atoms with Crippen molar-refractivity contribution in [2.45, 2.75) is 32.1 Å². The maximum atomic E-state index is 12.3. The molecule has 0 atom stereocenters. The van der Waals surface area contributed by atoms with E-state index in [1.807, 2.05) is 0 Å². The van der Waals surface area contributed by atoms with Gasteiger partial charge in [0, 0.05) is 34.9 Å². The Morgan fingerprint density at radius 3 is 2.38 bits per heavy atom. The number of carbonyl (C=O) groups excluding carboxylic acids is 1. The van der Waals surface area contributed by atoms with Gasteiger partial charge in [0.1, 0.15) is 0 Å². The Morgan fingerprint density at radius 1 is 1.33 bits per heavy atom. The fraction of sp³-hybridized carbons (Fsp3) is 0.500. The minimum absolute atomic E-state index is 0.128. The number of carbonyl (C=O) groups is 1. The van der Waals surface area contributed by atoms with Crippen molar-refractivity contribution in [2.75, 3.05) is 13.6 Å². The zero-order valence-electron chi connectivity index (χ0n) is 12.5. The molecule has 1 amide bonds. The molecule has 0 aliphatic heterocycles. The number of rotatable bonds is 5. The summed E-state index contributed by atoms with van der Waals surface area (Å²) in [6, 6.07) is 2.74. The molecule has 0 spiro atoms. The lowest BCUT2D eigenvalue weighted by Crippen LogP contribution is -2.28. The van der Waals surface area contributed by atoms with Crippen LogP contribution in [-0.2, 0) is 9.05 Å². The standard InChI is InChI=1S/C14H19Cl2NO3S/c1-9(2)5-6-17(4)14(18)11-7-12(15)10(3)13(8-11)21(16,19)20/h7-9H,5-6H2,1-4H3. The minimum atomic E-state index is -3.95. The first-order valence-corrected chi connectivity index (χ1v) is 9.23. The third kappa shape index (κ3) is 4.87. The largest absolute Gasteiger partial charge is 0.342 e. The topological polar surface area (TPSA) is 54.5 Å². The van der Waals surface area contributed by atoms with E-state index in [1.54, 1.807) is 18.9 Å². The second kappa shape index (κ2) is 6.99. The SMILES string of the molecule is Cc1c(Cl)cc(C(=O)N(C)CCC(C)C)cc1S(=O)(=O)Cl. The monoisotopic (exact) mass is 351 g/mol. The first-order chi connectivity index (χ1) is 9.54. The predicted octanol–water partition coefficient (Wildman–Crippen LogP) is 3.69. The molecule has 0 saturated heterocycles. The summed E-state index contributed by atoms with van der Waals surface area (Å²) in [7, 11) is 3.11. The molecular formula is C14H19Cl2NO3S. The molecule has 0 aromatic heterocycles. The molecule has 21 heavy (non-hydrogen) atoms. The van der Waals surface area contributed by atoms with Gasteiger partial charge in [-0.15, -0.1) is 0 Å². The molecule has 0 heterocycles. The van der Waals surface area contributed by atoms with Gasteiger partial charge in [-0.3, -0.25) is 4.79 Å². The Balaban J connectivity index is 3.14. The van der Waals surface area contributed by atoms with Crippen molar-refractivity contribution in [1.82, 2.24) is 4.90 Å². The quantitative estimate of drug-likeness (QED) is 0.760. The summed E-state index contributed by atoms with van der Waals surface area (Å²) in [4.78, 5) is 13.7. The lowest BCUT2D eigenvalue weighted by atomic mass is 10.1. The summed E-state index contributed by atoms with van der Waals surface area (Å²) in [5.41, 5.74) is 0.559. The van der Waals surface area contributed by atoms with Crippen molar-refractivity contribution in [3.05, 3.63) is 28.3 Å². The summed E-state index contributed by atoms with van der Waals surface area (Å²) in [5, 5.41) is 0.206. The van der Waals surface area contributed by atoms with Crippen LogP contribution < -0.4 is 0 Å². The molecule has 0 radical (unpaired) electrons. The maximum absolute atomic E-state index is 12.3. The van der Waals surface area contributed by atoms with E-state index < -0.39 is 9.05 Å². The highest BCUT2D eigenvalue weighted by atomic mass is 35.7. The molecule has 0 unspecified atom stereocenters. The number of benzene rings is 1. The highest BCUT2D eigenvalue weighted by Gasteiger charge is 2.21.